The third-order valence-corrected chi connectivity index (χ3v) is 5.69. The van der Waals surface area contributed by atoms with Gasteiger partial charge in [0.05, 0.1) is 42.7 Å². The van der Waals surface area contributed by atoms with Crippen molar-refractivity contribution in [3.05, 3.63) is 81.4 Å². The Hall–Kier alpha value is -3.52. The minimum absolute atomic E-state index is 0.0498. The number of amides is 1. The largest absolute Gasteiger partial charge is 0.507 e. The van der Waals surface area contributed by atoms with Gasteiger partial charge in [-0.3, -0.25) is 19.7 Å². The molecule has 8 heteroatoms. The van der Waals surface area contributed by atoms with Crippen LogP contribution in [0.2, 0.25) is 0 Å². The summed E-state index contributed by atoms with van der Waals surface area (Å²) in [6, 6.07) is 13.5. The van der Waals surface area contributed by atoms with E-state index in [-0.39, 0.29) is 17.0 Å². The number of likely N-dealkylation sites (tertiary alicyclic amines) is 1. The predicted octanol–water partition coefficient (Wildman–Crippen LogP) is 1.94. The Balaban J connectivity index is 2.13. The van der Waals surface area contributed by atoms with Crippen LogP contribution in [0.4, 0.5) is 5.69 Å². The summed E-state index contributed by atoms with van der Waals surface area (Å²) in [5.74, 6) is -1.78. The number of quaternary nitrogens is 1. The molecule has 3 rings (SSSR count). The maximum absolute atomic E-state index is 13.0. The highest BCUT2D eigenvalue weighted by atomic mass is 16.6. The van der Waals surface area contributed by atoms with Gasteiger partial charge in [-0.2, -0.15) is 0 Å². The highest BCUT2D eigenvalue weighted by molar-refractivity contribution is 6.46. The first-order valence-corrected chi connectivity index (χ1v) is 10.3. The Morgan fingerprint density at radius 3 is 2.39 bits per heavy atom. The van der Waals surface area contributed by atoms with Crippen LogP contribution in [-0.2, 0) is 9.59 Å². The molecule has 2 N–H and O–H groups in total. The second-order valence-corrected chi connectivity index (χ2v) is 7.42. The topological polar surface area (TPSA) is 105 Å². The number of hydrogen-bond donors (Lipinski definition) is 2. The fourth-order valence-electron chi connectivity index (χ4n) is 3.90. The van der Waals surface area contributed by atoms with E-state index >= 15 is 0 Å². The predicted molar refractivity (Wildman–Crippen MR) is 115 cm³/mol. The molecule has 0 radical (unpaired) electrons. The van der Waals surface area contributed by atoms with E-state index in [9.17, 15) is 24.8 Å². The molecule has 1 amide bonds. The number of hydrogen-bond acceptors (Lipinski definition) is 5. The number of likely N-dealkylation sites (N-methyl/N-ethyl adjacent to an activating group) is 1. The quantitative estimate of drug-likeness (QED) is 0.222. The number of nitro groups is 1. The van der Waals surface area contributed by atoms with Gasteiger partial charge in [0.15, 0.2) is 0 Å². The van der Waals surface area contributed by atoms with Crippen molar-refractivity contribution in [2.45, 2.75) is 19.9 Å². The number of ketones is 1. The average Bonchev–Trinajstić information content (AvgIpc) is 3.05. The molecular weight excluding hydrogens is 398 g/mol. The summed E-state index contributed by atoms with van der Waals surface area (Å²) in [5, 5.41) is 22.2. The third kappa shape index (κ3) is 4.49. The number of aliphatic hydroxyl groups excluding tert-OH is 1. The molecule has 0 aromatic heterocycles. The normalized spacial score (nSPS) is 18.0. The van der Waals surface area contributed by atoms with Crippen LogP contribution in [0.25, 0.3) is 5.76 Å². The van der Waals surface area contributed by atoms with Gasteiger partial charge in [-0.05, 0) is 19.4 Å². The molecule has 162 valence electrons. The Morgan fingerprint density at radius 1 is 1.10 bits per heavy atom. The molecule has 1 atom stereocenters. The molecule has 2 aromatic rings. The summed E-state index contributed by atoms with van der Waals surface area (Å²) in [5.41, 5.74) is 0.633. The van der Waals surface area contributed by atoms with Crippen molar-refractivity contribution in [3.8, 4) is 0 Å². The van der Waals surface area contributed by atoms with E-state index in [1.807, 2.05) is 13.8 Å². The first-order valence-electron chi connectivity index (χ1n) is 10.3. The molecular formula is C23H26N3O5+. The zero-order valence-corrected chi connectivity index (χ0v) is 17.6. The highest BCUT2D eigenvalue weighted by Gasteiger charge is 2.46. The summed E-state index contributed by atoms with van der Waals surface area (Å²) in [7, 11) is 0. The van der Waals surface area contributed by atoms with Crippen molar-refractivity contribution in [1.82, 2.24) is 4.90 Å². The molecule has 0 spiro atoms. The smallest absolute Gasteiger partial charge is 0.295 e. The van der Waals surface area contributed by atoms with Crippen LogP contribution in [0.15, 0.2) is 60.2 Å². The van der Waals surface area contributed by atoms with Crippen molar-refractivity contribution >= 4 is 23.1 Å². The maximum atomic E-state index is 13.0. The lowest BCUT2D eigenvalue weighted by molar-refractivity contribution is -0.895. The average molecular weight is 424 g/mol. The van der Waals surface area contributed by atoms with E-state index < -0.39 is 22.7 Å². The number of non-ortho nitro benzene ring substituents is 1. The van der Waals surface area contributed by atoms with Crippen LogP contribution in [0.5, 0.6) is 0 Å². The first-order chi connectivity index (χ1) is 14.9. The summed E-state index contributed by atoms with van der Waals surface area (Å²) in [6.45, 7) is 6.73. The van der Waals surface area contributed by atoms with Gasteiger partial charge in [0.2, 0.25) is 0 Å². The van der Waals surface area contributed by atoms with Crippen LogP contribution >= 0.6 is 0 Å². The van der Waals surface area contributed by atoms with Crippen molar-refractivity contribution in [3.63, 3.8) is 0 Å². The van der Waals surface area contributed by atoms with Gasteiger partial charge >= 0.3 is 0 Å². The zero-order valence-electron chi connectivity index (χ0n) is 17.6. The van der Waals surface area contributed by atoms with Crippen molar-refractivity contribution in [2.75, 3.05) is 26.2 Å². The number of carbonyl (C=O) groups excluding carboxylic acids is 2. The van der Waals surface area contributed by atoms with Crippen molar-refractivity contribution in [2.24, 2.45) is 0 Å². The van der Waals surface area contributed by atoms with Gasteiger partial charge < -0.3 is 14.9 Å². The van der Waals surface area contributed by atoms with E-state index in [1.165, 1.54) is 28.0 Å². The summed E-state index contributed by atoms with van der Waals surface area (Å²) < 4.78 is 0. The number of aliphatic hydroxyl groups is 1. The molecule has 0 saturated carbocycles. The van der Waals surface area contributed by atoms with E-state index in [4.69, 9.17) is 0 Å². The number of carbonyl (C=O) groups is 2. The Labute approximate surface area is 180 Å². The zero-order chi connectivity index (χ0) is 22.5. The highest BCUT2D eigenvalue weighted by Crippen LogP contribution is 2.39. The molecule has 8 nitrogen and oxygen atoms in total. The van der Waals surface area contributed by atoms with Gasteiger partial charge in [-0.25, -0.2) is 0 Å². The number of nitrogens with one attached hydrogen (secondary N) is 1. The minimum atomic E-state index is -0.893. The number of Topliss-reactive ketones (excluding diaryl/α,β-unsaturated/α-hetero) is 1. The van der Waals surface area contributed by atoms with Crippen LogP contribution in [0.3, 0.4) is 0 Å². The summed E-state index contributed by atoms with van der Waals surface area (Å²) >= 11 is 0. The second kappa shape index (κ2) is 9.53. The van der Waals surface area contributed by atoms with Gasteiger partial charge in [0.1, 0.15) is 5.76 Å². The number of nitro benzene ring substituents is 1. The minimum Gasteiger partial charge on any atom is -0.507 e. The second-order valence-electron chi connectivity index (χ2n) is 7.42. The molecule has 1 fully saturated rings. The van der Waals surface area contributed by atoms with E-state index in [1.54, 1.807) is 36.4 Å². The van der Waals surface area contributed by atoms with Crippen LogP contribution in [0, 0.1) is 10.1 Å². The van der Waals surface area contributed by atoms with Gasteiger partial charge in [-0.1, -0.05) is 42.5 Å². The fraction of sp³-hybridized carbons (Fsp3) is 0.304. The Morgan fingerprint density at radius 2 is 1.77 bits per heavy atom. The van der Waals surface area contributed by atoms with Gasteiger partial charge in [-0.15, -0.1) is 0 Å². The van der Waals surface area contributed by atoms with E-state index in [2.05, 4.69) is 0 Å². The summed E-state index contributed by atoms with van der Waals surface area (Å²) in [6.07, 6.45) is 0. The molecule has 0 aliphatic carbocycles. The molecule has 2 aromatic carbocycles. The van der Waals surface area contributed by atoms with E-state index in [0.29, 0.717) is 24.2 Å². The van der Waals surface area contributed by atoms with Gasteiger partial charge in [0.25, 0.3) is 17.4 Å². The monoisotopic (exact) mass is 424 g/mol. The van der Waals surface area contributed by atoms with Gasteiger partial charge in [0, 0.05) is 17.7 Å². The lowest BCUT2D eigenvalue weighted by Gasteiger charge is -2.26. The molecule has 0 unspecified atom stereocenters. The first kappa shape index (κ1) is 22.2. The molecule has 1 aliphatic heterocycles. The lowest BCUT2D eigenvalue weighted by Crippen LogP contribution is -3.12. The summed E-state index contributed by atoms with van der Waals surface area (Å²) in [4.78, 5) is 39.3. The maximum Gasteiger partial charge on any atom is 0.295 e. The standard InChI is InChI=1S/C23H25N3O5/c1-3-24(4-2)13-14-25-20(17-11-8-12-18(15-17)26(30)31)19(22(28)23(25)29)21(27)16-9-6-5-7-10-16/h5-12,15,20,27H,3-4,13-14H2,1-2H3/p+1/t20-/m0/s1. The van der Waals surface area contributed by atoms with Crippen LogP contribution in [-0.4, -0.2) is 52.8 Å². The molecule has 0 bridgehead atoms. The molecule has 31 heavy (non-hydrogen) atoms. The number of benzene rings is 2. The number of nitrogens with zero attached hydrogens (tertiary/aromatic N) is 2. The fourth-order valence-corrected chi connectivity index (χ4v) is 3.90. The molecule has 1 heterocycles. The van der Waals surface area contributed by atoms with Crippen LogP contribution in [0.1, 0.15) is 31.0 Å². The van der Waals surface area contributed by atoms with Crippen LogP contribution < -0.4 is 4.90 Å². The lowest BCUT2D eigenvalue weighted by atomic mass is 9.95. The molecule has 1 saturated heterocycles. The number of rotatable bonds is 8. The van der Waals surface area contributed by atoms with E-state index in [0.717, 1.165) is 13.1 Å². The van der Waals surface area contributed by atoms with Crippen molar-refractivity contribution in [1.29, 1.82) is 0 Å². The molecule has 1 aliphatic rings. The third-order valence-electron chi connectivity index (χ3n) is 5.69. The SMILES string of the molecule is CC[NH+](CC)CCN1C(=O)C(=O)C(=C(O)c2ccccc2)[C@@H]1c1cccc([N+](=O)[O-])c1. The Kier molecular flexibility index (Phi) is 6.81. The van der Waals surface area contributed by atoms with Crippen molar-refractivity contribution < 1.29 is 24.5 Å². The Bertz CT molecular complexity index is 1010.